The van der Waals surface area contributed by atoms with E-state index in [0.29, 0.717) is 0 Å². The normalized spacial score (nSPS) is 11.2. The third-order valence-electron chi connectivity index (χ3n) is 2.18. The Kier molecular flexibility index (Phi) is 4.31. The molecule has 0 N–H and O–H groups in total. The fourth-order valence-electron chi connectivity index (χ4n) is 1.37. The number of fused-ring (bicyclic) bond motifs is 1. The Labute approximate surface area is 99.7 Å². The van der Waals surface area contributed by atoms with Gasteiger partial charge in [0.2, 0.25) is 0 Å². The summed E-state index contributed by atoms with van der Waals surface area (Å²) in [6, 6.07) is 7.91. The van der Waals surface area contributed by atoms with Gasteiger partial charge < -0.3 is 0 Å². The minimum Gasteiger partial charge on any atom is -0.275 e. The maximum Gasteiger partial charge on any atom is 0.155 e. The Morgan fingerprint density at radius 2 is 2.19 bits per heavy atom. The fraction of sp³-hybridized carbons (Fsp3) is 0.400. The molecule has 2 aromatic rings. The SMILES string of the molecule is O=PCCCCSn1nnc2ccccc21. The van der Waals surface area contributed by atoms with Crippen LogP contribution in [0.2, 0.25) is 0 Å². The first kappa shape index (κ1) is 11.6. The Bertz CT molecular complexity index is 474. The number of hydrogen-bond donors (Lipinski definition) is 0. The van der Waals surface area contributed by atoms with E-state index >= 15 is 0 Å². The van der Waals surface area contributed by atoms with Gasteiger partial charge in [-0.25, -0.2) is 0 Å². The quantitative estimate of drug-likeness (QED) is 0.586. The molecule has 4 nitrogen and oxygen atoms in total. The van der Waals surface area contributed by atoms with Crippen LogP contribution in [0.5, 0.6) is 0 Å². The summed E-state index contributed by atoms with van der Waals surface area (Å²) in [6.45, 7) is 0. The fourth-order valence-corrected chi connectivity index (χ4v) is 2.61. The van der Waals surface area contributed by atoms with Crippen molar-refractivity contribution in [3.05, 3.63) is 24.3 Å². The van der Waals surface area contributed by atoms with Crippen LogP contribution in [0.1, 0.15) is 12.8 Å². The molecule has 6 heteroatoms. The highest BCUT2D eigenvalue weighted by Crippen LogP contribution is 2.16. The van der Waals surface area contributed by atoms with Gasteiger partial charge in [-0.3, -0.25) is 4.57 Å². The Balaban J connectivity index is 1.91. The summed E-state index contributed by atoms with van der Waals surface area (Å²) >= 11 is 1.64. The first-order valence-corrected chi connectivity index (χ1v) is 7.08. The van der Waals surface area contributed by atoms with E-state index in [1.165, 1.54) is 0 Å². The number of rotatable bonds is 6. The van der Waals surface area contributed by atoms with E-state index < -0.39 is 0 Å². The van der Waals surface area contributed by atoms with Crippen LogP contribution in [0.4, 0.5) is 0 Å². The molecule has 1 aromatic carbocycles. The zero-order chi connectivity index (χ0) is 11.2. The summed E-state index contributed by atoms with van der Waals surface area (Å²) in [6.07, 6.45) is 2.79. The van der Waals surface area contributed by atoms with Crippen molar-refractivity contribution in [3.63, 3.8) is 0 Å². The van der Waals surface area contributed by atoms with Crippen molar-refractivity contribution >= 4 is 31.4 Å². The van der Waals surface area contributed by atoms with Gasteiger partial charge in [-0.2, -0.15) is 4.09 Å². The summed E-state index contributed by atoms with van der Waals surface area (Å²) in [5.74, 6) is 0.975. The molecular formula is C10H12N3OPS. The lowest BCUT2D eigenvalue weighted by molar-refractivity contribution is 0.597. The van der Waals surface area contributed by atoms with Gasteiger partial charge in [0.1, 0.15) is 11.0 Å². The molecule has 0 fully saturated rings. The molecule has 0 unspecified atom stereocenters. The second-order valence-electron chi connectivity index (χ2n) is 3.34. The molecule has 0 aliphatic carbocycles. The molecule has 0 spiro atoms. The molecule has 0 bridgehead atoms. The highest BCUT2D eigenvalue weighted by Gasteiger charge is 2.02. The topological polar surface area (TPSA) is 47.8 Å². The second kappa shape index (κ2) is 5.97. The zero-order valence-corrected chi connectivity index (χ0v) is 10.5. The van der Waals surface area contributed by atoms with Gasteiger partial charge >= 0.3 is 0 Å². The molecule has 0 aliphatic heterocycles. The average Bonchev–Trinajstić information content (AvgIpc) is 2.73. The Hall–Kier alpha value is -0.930. The van der Waals surface area contributed by atoms with Crippen LogP contribution in [0, 0.1) is 0 Å². The standard InChI is InChI=1S/C10H12N3OPS/c14-15-7-3-4-8-16-13-10-6-2-1-5-9(10)11-12-13/h1-2,5-6H,3-4,7-8H2. The van der Waals surface area contributed by atoms with Crippen LogP contribution < -0.4 is 0 Å². The second-order valence-corrected chi connectivity index (χ2v) is 5.06. The van der Waals surface area contributed by atoms with Gasteiger partial charge in [0.05, 0.1) is 0 Å². The minimum absolute atomic E-state index is 0.245. The van der Waals surface area contributed by atoms with Crippen LogP contribution in [-0.4, -0.2) is 26.3 Å². The number of aromatic nitrogens is 3. The lowest BCUT2D eigenvalue weighted by atomic mass is 10.3. The Morgan fingerprint density at radius 1 is 1.31 bits per heavy atom. The van der Waals surface area contributed by atoms with Gasteiger partial charge in [0.25, 0.3) is 0 Å². The predicted octanol–water partition coefficient (Wildman–Crippen LogP) is 3.00. The van der Waals surface area contributed by atoms with E-state index in [-0.39, 0.29) is 8.46 Å². The summed E-state index contributed by atoms with van der Waals surface area (Å²) in [7, 11) is 0.245. The van der Waals surface area contributed by atoms with Gasteiger partial charge in [-0.1, -0.05) is 17.3 Å². The molecule has 0 radical (unpaired) electrons. The van der Waals surface area contributed by atoms with Crippen molar-refractivity contribution in [1.29, 1.82) is 0 Å². The maximum absolute atomic E-state index is 10.2. The summed E-state index contributed by atoms with van der Waals surface area (Å²) in [4.78, 5) is 0. The summed E-state index contributed by atoms with van der Waals surface area (Å²) < 4.78 is 12.1. The van der Waals surface area contributed by atoms with Crippen LogP contribution in [0.15, 0.2) is 24.3 Å². The van der Waals surface area contributed by atoms with E-state index in [0.717, 1.165) is 35.8 Å². The van der Waals surface area contributed by atoms with Crippen molar-refractivity contribution in [2.45, 2.75) is 12.8 Å². The zero-order valence-electron chi connectivity index (χ0n) is 8.74. The molecule has 16 heavy (non-hydrogen) atoms. The first-order valence-electron chi connectivity index (χ1n) is 5.14. The molecule has 1 aromatic heterocycles. The van der Waals surface area contributed by atoms with E-state index in [9.17, 15) is 4.57 Å². The molecule has 0 saturated carbocycles. The van der Waals surface area contributed by atoms with Crippen LogP contribution in [0.3, 0.4) is 0 Å². The van der Waals surface area contributed by atoms with E-state index in [2.05, 4.69) is 10.3 Å². The monoisotopic (exact) mass is 253 g/mol. The van der Waals surface area contributed by atoms with Crippen LogP contribution >= 0.6 is 20.4 Å². The van der Waals surface area contributed by atoms with Crippen LogP contribution in [0.25, 0.3) is 11.0 Å². The Morgan fingerprint density at radius 3 is 3.06 bits per heavy atom. The molecular weight excluding hydrogens is 241 g/mol. The molecule has 0 aliphatic rings. The van der Waals surface area contributed by atoms with Gasteiger partial charge in [-0.15, -0.1) is 5.10 Å². The lowest BCUT2D eigenvalue weighted by Gasteiger charge is -1.99. The third kappa shape index (κ3) is 2.80. The van der Waals surface area contributed by atoms with Gasteiger partial charge in [0.15, 0.2) is 8.46 Å². The summed E-state index contributed by atoms with van der Waals surface area (Å²) in [5, 5.41) is 8.15. The molecule has 1 heterocycles. The number of benzene rings is 1. The van der Waals surface area contributed by atoms with Crippen LogP contribution in [-0.2, 0) is 4.57 Å². The molecule has 0 atom stereocenters. The van der Waals surface area contributed by atoms with Crippen molar-refractivity contribution in [3.8, 4) is 0 Å². The third-order valence-corrected chi connectivity index (χ3v) is 3.66. The van der Waals surface area contributed by atoms with Crippen molar-refractivity contribution in [2.75, 3.05) is 11.9 Å². The largest absolute Gasteiger partial charge is 0.275 e. The number of para-hydroxylation sites is 1. The smallest absolute Gasteiger partial charge is 0.155 e. The minimum atomic E-state index is 0.245. The van der Waals surface area contributed by atoms with Crippen molar-refractivity contribution in [1.82, 2.24) is 14.4 Å². The molecule has 2 rings (SSSR count). The number of nitrogens with zero attached hydrogens (tertiary/aromatic N) is 3. The molecule has 0 saturated heterocycles. The molecule has 0 amide bonds. The van der Waals surface area contributed by atoms with Crippen molar-refractivity contribution < 1.29 is 4.57 Å². The molecule has 84 valence electrons. The van der Waals surface area contributed by atoms with E-state index in [4.69, 9.17) is 0 Å². The van der Waals surface area contributed by atoms with E-state index in [1.54, 1.807) is 11.9 Å². The maximum atomic E-state index is 10.2. The van der Waals surface area contributed by atoms with Gasteiger partial charge in [-0.05, 0) is 36.9 Å². The lowest BCUT2D eigenvalue weighted by Crippen LogP contribution is -1.92. The predicted molar refractivity (Wildman–Crippen MR) is 67.1 cm³/mol. The highest BCUT2D eigenvalue weighted by molar-refractivity contribution is 7.97. The highest BCUT2D eigenvalue weighted by atomic mass is 32.2. The van der Waals surface area contributed by atoms with Crippen molar-refractivity contribution in [2.24, 2.45) is 0 Å². The average molecular weight is 253 g/mol. The first-order chi connectivity index (χ1) is 7.92. The van der Waals surface area contributed by atoms with Gasteiger partial charge in [0, 0.05) is 11.9 Å². The number of hydrogen-bond acceptors (Lipinski definition) is 4. The number of unbranched alkanes of at least 4 members (excludes halogenated alkanes) is 1. The van der Waals surface area contributed by atoms with E-state index in [1.807, 2.05) is 28.4 Å². The summed E-state index contributed by atoms with van der Waals surface area (Å²) in [5.41, 5.74) is 1.97.